The molecule has 0 bridgehead atoms. The van der Waals surface area contributed by atoms with Crippen LogP contribution in [0.3, 0.4) is 0 Å². The first-order valence-electron chi connectivity index (χ1n) is 11.3. The van der Waals surface area contributed by atoms with Crippen LogP contribution in [0.15, 0.2) is 66.7 Å². The van der Waals surface area contributed by atoms with Gasteiger partial charge in [-0.2, -0.15) is 0 Å². The van der Waals surface area contributed by atoms with Crippen molar-refractivity contribution in [1.82, 2.24) is 5.32 Å². The molecule has 1 aliphatic rings. The van der Waals surface area contributed by atoms with Gasteiger partial charge in [0.15, 0.2) is 5.82 Å². The van der Waals surface area contributed by atoms with Crippen molar-refractivity contribution in [1.29, 1.82) is 0 Å². The highest BCUT2D eigenvalue weighted by atomic mass is 19.1. The van der Waals surface area contributed by atoms with Gasteiger partial charge in [-0.25, -0.2) is 14.0 Å². The number of benzene rings is 3. The van der Waals surface area contributed by atoms with Crippen molar-refractivity contribution in [3.05, 3.63) is 89.2 Å². The van der Waals surface area contributed by atoms with Crippen molar-refractivity contribution in [2.24, 2.45) is 5.92 Å². The summed E-state index contributed by atoms with van der Waals surface area (Å²) in [6.45, 7) is 2.01. The number of hydrogen-bond donors (Lipinski definition) is 3. The van der Waals surface area contributed by atoms with Crippen molar-refractivity contribution >= 4 is 23.7 Å². The molecule has 180 valence electrons. The van der Waals surface area contributed by atoms with Crippen molar-refractivity contribution < 1.29 is 28.6 Å². The molecular weight excluding hydrogens is 451 g/mol. The highest BCUT2D eigenvalue weighted by Crippen LogP contribution is 2.44. The fourth-order valence-corrected chi connectivity index (χ4v) is 4.22. The second-order valence-corrected chi connectivity index (χ2v) is 8.40. The Balaban J connectivity index is 1.26. The number of aromatic carboxylic acids is 1. The van der Waals surface area contributed by atoms with Crippen LogP contribution in [0.25, 0.3) is 11.1 Å². The molecule has 0 saturated heterocycles. The molecule has 3 aromatic rings. The normalized spacial score (nSPS) is 12.9. The lowest BCUT2D eigenvalue weighted by Crippen LogP contribution is -2.30. The number of carbonyl (C=O) groups is 3. The second-order valence-electron chi connectivity index (χ2n) is 8.40. The van der Waals surface area contributed by atoms with Crippen LogP contribution in [0.2, 0.25) is 0 Å². The van der Waals surface area contributed by atoms with Crippen LogP contribution in [0.4, 0.5) is 14.9 Å². The maximum absolute atomic E-state index is 14.2. The van der Waals surface area contributed by atoms with Crippen LogP contribution in [-0.2, 0) is 9.53 Å². The van der Waals surface area contributed by atoms with Crippen molar-refractivity contribution in [3.63, 3.8) is 0 Å². The second kappa shape index (κ2) is 10.4. The van der Waals surface area contributed by atoms with E-state index in [2.05, 4.69) is 22.8 Å². The van der Waals surface area contributed by atoms with Crippen LogP contribution >= 0.6 is 0 Å². The SMILES string of the molecule is CC(CCNC(=O)OCC1c2ccccc2-c2ccccc21)C(=O)Nc1cccc(C(=O)O)c1F. The monoisotopic (exact) mass is 476 g/mol. The summed E-state index contributed by atoms with van der Waals surface area (Å²) in [4.78, 5) is 35.7. The standard InChI is InChI=1S/C27H25FN2O5/c1-16(25(31)30-23-12-6-11-21(24(23)28)26(32)33)13-14-29-27(34)35-15-22-19-9-4-2-7-17(19)18-8-3-5-10-20(18)22/h2-12,16,22H,13-15H2,1H3,(H,29,34)(H,30,31)(H,32,33). The molecule has 4 rings (SSSR count). The molecule has 2 amide bonds. The molecule has 7 nitrogen and oxygen atoms in total. The molecule has 0 aliphatic heterocycles. The van der Waals surface area contributed by atoms with Gasteiger partial charge in [0.1, 0.15) is 6.61 Å². The summed E-state index contributed by atoms with van der Waals surface area (Å²) in [6, 6.07) is 19.9. The Morgan fingerprint density at radius 2 is 1.60 bits per heavy atom. The Bertz CT molecular complexity index is 1230. The molecule has 0 radical (unpaired) electrons. The van der Waals surface area contributed by atoms with Crippen molar-refractivity contribution in [3.8, 4) is 11.1 Å². The molecule has 1 unspecified atom stereocenters. The van der Waals surface area contributed by atoms with E-state index in [0.29, 0.717) is 0 Å². The lowest BCUT2D eigenvalue weighted by molar-refractivity contribution is -0.119. The third-order valence-corrected chi connectivity index (χ3v) is 6.12. The highest BCUT2D eigenvalue weighted by molar-refractivity contribution is 5.95. The van der Waals surface area contributed by atoms with E-state index in [1.54, 1.807) is 6.92 Å². The fraction of sp³-hybridized carbons (Fsp3) is 0.222. The number of amides is 2. The minimum absolute atomic E-state index is 0.0469. The summed E-state index contributed by atoms with van der Waals surface area (Å²) < 4.78 is 19.7. The molecule has 1 atom stereocenters. The molecule has 3 aromatic carbocycles. The fourth-order valence-electron chi connectivity index (χ4n) is 4.22. The topological polar surface area (TPSA) is 105 Å². The molecule has 0 fully saturated rings. The maximum atomic E-state index is 14.2. The summed E-state index contributed by atoms with van der Waals surface area (Å²) in [5.41, 5.74) is 3.79. The summed E-state index contributed by atoms with van der Waals surface area (Å²) in [5, 5.41) is 14.1. The molecule has 1 aliphatic carbocycles. The van der Waals surface area contributed by atoms with E-state index >= 15 is 0 Å². The summed E-state index contributed by atoms with van der Waals surface area (Å²) >= 11 is 0. The van der Waals surface area contributed by atoms with E-state index in [4.69, 9.17) is 9.84 Å². The third kappa shape index (κ3) is 5.16. The van der Waals surface area contributed by atoms with E-state index in [1.807, 2.05) is 36.4 Å². The lowest BCUT2D eigenvalue weighted by atomic mass is 9.98. The Hall–Kier alpha value is -4.20. The average Bonchev–Trinajstić information content (AvgIpc) is 3.17. The van der Waals surface area contributed by atoms with Gasteiger partial charge in [0.25, 0.3) is 0 Å². The van der Waals surface area contributed by atoms with Gasteiger partial charge in [0, 0.05) is 18.4 Å². The quantitative estimate of drug-likeness (QED) is 0.423. The van der Waals surface area contributed by atoms with Gasteiger partial charge in [-0.3, -0.25) is 4.79 Å². The zero-order valence-corrected chi connectivity index (χ0v) is 19.1. The molecule has 3 N–H and O–H groups in total. The van der Waals surface area contributed by atoms with E-state index in [1.165, 1.54) is 12.1 Å². The Labute approximate surface area is 201 Å². The molecule has 0 saturated carbocycles. The minimum Gasteiger partial charge on any atom is -0.478 e. The van der Waals surface area contributed by atoms with Gasteiger partial charge in [-0.15, -0.1) is 0 Å². The molecule has 0 spiro atoms. The number of alkyl carbamates (subject to hydrolysis) is 1. The zero-order valence-electron chi connectivity index (χ0n) is 19.1. The molecule has 35 heavy (non-hydrogen) atoms. The molecular formula is C27H25FN2O5. The predicted molar refractivity (Wildman–Crippen MR) is 129 cm³/mol. The zero-order chi connectivity index (χ0) is 24.9. The van der Waals surface area contributed by atoms with Crippen LogP contribution in [-0.4, -0.2) is 36.2 Å². The summed E-state index contributed by atoms with van der Waals surface area (Å²) in [5.74, 6) is -3.51. The largest absolute Gasteiger partial charge is 0.478 e. The molecule has 8 heteroatoms. The average molecular weight is 477 g/mol. The number of carboxylic acid groups (broad SMARTS) is 1. The van der Waals surface area contributed by atoms with E-state index in [9.17, 15) is 18.8 Å². The van der Waals surface area contributed by atoms with Crippen molar-refractivity contribution in [2.45, 2.75) is 19.3 Å². The minimum atomic E-state index is -1.42. The number of ether oxygens (including phenoxy) is 1. The number of fused-ring (bicyclic) bond motifs is 3. The first-order chi connectivity index (χ1) is 16.9. The predicted octanol–water partition coefficient (Wildman–Crippen LogP) is 5.03. The number of carboxylic acids is 1. The first-order valence-corrected chi connectivity index (χ1v) is 11.3. The van der Waals surface area contributed by atoms with Gasteiger partial charge in [-0.1, -0.05) is 61.5 Å². The first kappa shape index (κ1) is 23.9. The van der Waals surface area contributed by atoms with Gasteiger partial charge in [0.05, 0.1) is 11.3 Å². The van der Waals surface area contributed by atoms with E-state index in [-0.39, 0.29) is 31.2 Å². The van der Waals surface area contributed by atoms with Crippen LogP contribution in [0, 0.1) is 11.7 Å². The van der Waals surface area contributed by atoms with Crippen LogP contribution in [0.1, 0.15) is 40.7 Å². The Morgan fingerprint density at radius 3 is 2.23 bits per heavy atom. The number of carbonyl (C=O) groups excluding carboxylic acids is 2. The maximum Gasteiger partial charge on any atom is 0.407 e. The number of nitrogens with one attached hydrogen (secondary N) is 2. The number of hydrogen-bond acceptors (Lipinski definition) is 4. The van der Waals surface area contributed by atoms with Gasteiger partial charge in [-0.05, 0) is 40.8 Å². The summed E-state index contributed by atoms with van der Waals surface area (Å²) in [7, 11) is 0. The van der Waals surface area contributed by atoms with Crippen LogP contribution in [0.5, 0.6) is 0 Å². The lowest BCUT2D eigenvalue weighted by Gasteiger charge is -2.16. The van der Waals surface area contributed by atoms with E-state index in [0.717, 1.165) is 28.3 Å². The molecule has 0 aromatic heterocycles. The Morgan fingerprint density at radius 1 is 0.971 bits per heavy atom. The smallest absolute Gasteiger partial charge is 0.407 e. The Kier molecular flexibility index (Phi) is 7.10. The van der Waals surface area contributed by atoms with Crippen molar-refractivity contribution in [2.75, 3.05) is 18.5 Å². The summed E-state index contributed by atoms with van der Waals surface area (Å²) in [6.07, 6.45) is -0.296. The highest BCUT2D eigenvalue weighted by Gasteiger charge is 2.29. The number of anilines is 1. The third-order valence-electron chi connectivity index (χ3n) is 6.12. The van der Waals surface area contributed by atoms with Crippen LogP contribution < -0.4 is 10.6 Å². The number of halogens is 1. The van der Waals surface area contributed by atoms with Gasteiger partial charge < -0.3 is 20.5 Å². The van der Waals surface area contributed by atoms with E-state index < -0.39 is 35.3 Å². The number of rotatable bonds is 8. The molecule has 0 heterocycles. The van der Waals surface area contributed by atoms with Gasteiger partial charge >= 0.3 is 12.1 Å². The van der Waals surface area contributed by atoms with Gasteiger partial charge in [0.2, 0.25) is 5.91 Å².